The van der Waals surface area contributed by atoms with E-state index >= 15 is 0 Å². The molecule has 4 aromatic rings. The van der Waals surface area contributed by atoms with Gasteiger partial charge in [-0.15, -0.1) is 11.3 Å². The second-order valence-electron chi connectivity index (χ2n) is 5.95. The molecule has 8 heteroatoms. The Kier molecular flexibility index (Phi) is 5.09. The zero-order valence-electron chi connectivity index (χ0n) is 14.3. The summed E-state index contributed by atoms with van der Waals surface area (Å²) in [6.45, 7) is 2.66. The van der Waals surface area contributed by atoms with Crippen LogP contribution in [0.5, 0.6) is 0 Å². The van der Waals surface area contributed by atoms with Gasteiger partial charge in [-0.3, -0.25) is 0 Å². The lowest BCUT2D eigenvalue weighted by atomic mass is 10.2. The molecule has 1 N–H and O–H groups in total. The Morgan fingerprint density at radius 2 is 2.00 bits per heavy atom. The van der Waals surface area contributed by atoms with Crippen LogP contribution >= 0.6 is 33.9 Å². The maximum Gasteiger partial charge on any atom is 0.183 e. The topological polar surface area (TPSA) is 42.2 Å². The summed E-state index contributed by atoms with van der Waals surface area (Å²) in [6, 6.07) is 7.85. The van der Waals surface area contributed by atoms with Crippen LogP contribution in [0.4, 0.5) is 13.9 Å². The molecule has 0 amide bonds. The number of nitrogens with zero attached hydrogens (tertiary/aromatic N) is 3. The van der Waals surface area contributed by atoms with Gasteiger partial charge in [0.2, 0.25) is 0 Å². The third-order valence-electron chi connectivity index (χ3n) is 4.23. The van der Waals surface area contributed by atoms with Crippen molar-refractivity contribution in [1.82, 2.24) is 14.4 Å². The zero-order valence-corrected chi connectivity index (χ0v) is 17.3. The minimum atomic E-state index is -0.872. The fourth-order valence-electron chi connectivity index (χ4n) is 2.89. The molecule has 0 saturated heterocycles. The number of aryl methyl sites for hydroxylation is 1. The maximum absolute atomic E-state index is 13.4. The lowest BCUT2D eigenvalue weighted by molar-refractivity contribution is 0.509. The van der Waals surface area contributed by atoms with E-state index in [-0.39, 0.29) is 0 Å². The van der Waals surface area contributed by atoms with Crippen LogP contribution in [0.1, 0.15) is 18.3 Å². The van der Waals surface area contributed by atoms with E-state index in [9.17, 15) is 8.78 Å². The van der Waals surface area contributed by atoms with Crippen LogP contribution in [0.2, 0.25) is 0 Å². The van der Waals surface area contributed by atoms with E-state index in [1.807, 2.05) is 17.5 Å². The van der Waals surface area contributed by atoms with Crippen molar-refractivity contribution in [3.05, 3.63) is 68.5 Å². The molecule has 1 aromatic carbocycles. The van der Waals surface area contributed by atoms with Crippen LogP contribution in [0.25, 0.3) is 16.9 Å². The molecule has 4 nitrogen and oxygen atoms in total. The van der Waals surface area contributed by atoms with Crippen LogP contribution in [0, 0.1) is 15.2 Å². The smallest absolute Gasteiger partial charge is 0.183 e. The Morgan fingerprint density at radius 3 is 2.78 bits per heavy atom. The lowest BCUT2D eigenvalue weighted by Gasteiger charge is -2.06. The SMILES string of the molecule is CCc1nc2ccc(I)cn2c1CNc1nc(-c2ccc(F)c(F)c2)cs1. The van der Waals surface area contributed by atoms with E-state index in [0.29, 0.717) is 17.8 Å². The molecule has 0 aliphatic heterocycles. The van der Waals surface area contributed by atoms with Crippen molar-refractivity contribution in [2.75, 3.05) is 5.32 Å². The van der Waals surface area contributed by atoms with E-state index < -0.39 is 11.6 Å². The van der Waals surface area contributed by atoms with Crippen LogP contribution in [0.15, 0.2) is 41.9 Å². The summed E-state index contributed by atoms with van der Waals surface area (Å²) < 4.78 is 29.8. The highest BCUT2D eigenvalue weighted by Crippen LogP contribution is 2.27. The second-order valence-corrected chi connectivity index (χ2v) is 8.06. The van der Waals surface area contributed by atoms with Gasteiger partial charge in [0, 0.05) is 20.7 Å². The Hall–Kier alpha value is -2.07. The monoisotopic (exact) mass is 496 g/mol. The van der Waals surface area contributed by atoms with E-state index in [0.717, 1.165) is 44.3 Å². The van der Waals surface area contributed by atoms with Crippen LogP contribution in [0.3, 0.4) is 0 Å². The Labute approximate surface area is 172 Å². The van der Waals surface area contributed by atoms with E-state index in [4.69, 9.17) is 0 Å². The van der Waals surface area contributed by atoms with Gasteiger partial charge in [-0.2, -0.15) is 0 Å². The normalized spacial score (nSPS) is 11.3. The first kappa shape index (κ1) is 18.3. The number of fused-ring (bicyclic) bond motifs is 1. The van der Waals surface area contributed by atoms with Crippen LogP contribution < -0.4 is 5.32 Å². The molecule has 0 aliphatic rings. The molecule has 138 valence electrons. The summed E-state index contributed by atoms with van der Waals surface area (Å²) in [5, 5.41) is 5.87. The Morgan fingerprint density at radius 1 is 1.15 bits per heavy atom. The Balaban J connectivity index is 1.58. The summed E-state index contributed by atoms with van der Waals surface area (Å²) in [7, 11) is 0. The highest BCUT2D eigenvalue weighted by molar-refractivity contribution is 14.1. The molecular formula is C19H15F2IN4S. The highest BCUT2D eigenvalue weighted by Gasteiger charge is 2.13. The number of hydrogen-bond donors (Lipinski definition) is 1. The molecule has 27 heavy (non-hydrogen) atoms. The van der Waals surface area contributed by atoms with Gasteiger partial charge in [0.25, 0.3) is 0 Å². The number of hydrogen-bond acceptors (Lipinski definition) is 4. The summed E-state index contributed by atoms with van der Waals surface area (Å²) in [5.41, 5.74) is 4.23. The van der Waals surface area contributed by atoms with Gasteiger partial charge >= 0.3 is 0 Å². The van der Waals surface area contributed by atoms with Gasteiger partial charge in [-0.05, 0) is 59.3 Å². The standard InChI is InChI=1S/C19H15F2IN4S/c1-2-15-17(26-9-12(22)4-6-18(26)24-15)8-23-19-25-16(10-27-19)11-3-5-13(20)14(21)7-11/h3-7,9-10H,2,8H2,1H3,(H,23,25). The summed E-state index contributed by atoms with van der Waals surface area (Å²) in [5.74, 6) is -1.73. The number of benzene rings is 1. The van der Waals surface area contributed by atoms with Crippen molar-refractivity contribution < 1.29 is 8.78 Å². The first-order valence-electron chi connectivity index (χ1n) is 8.35. The fourth-order valence-corrected chi connectivity index (χ4v) is 4.07. The minimum Gasteiger partial charge on any atom is -0.356 e. The minimum absolute atomic E-state index is 0.553. The number of halogens is 3. The van der Waals surface area contributed by atoms with Crippen molar-refractivity contribution in [1.29, 1.82) is 0 Å². The molecule has 0 unspecified atom stereocenters. The van der Waals surface area contributed by atoms with Gasteiger partial charge in [-0.1, -0.05) is 6.92 Å². The maximum atomic E-state index is 13.4. The third-order valence-corrected chi connectivity index (χ3v) is 5.66. The molecule has 0 saturated carbocycles. The molecule has 0 radical (unpaired) electrons. The number of imidazole rings is 1. The van der Waals surface area contributed by atoms with Gasteiger partial charge < -0.3 is 9.72 Å². The number of aromatic nitrogens is 3. The fraction of sp³-hybridized carbons (Fsp3) is 0.158. The number of nitrogens with one attached hydrogen (secondary N) is 1. The van der Waals surface area contributed by atoms with Crippen molar-refractivity contribution >= 4 is 44.7 Å². The summed E-state index contributed by atoms with van der Waals surface area (Å²) in [4.78, 5) is 9.17. The quantitative estimate of drug-likeness (QED) is 0.371. The van der Waals surface area contributed by atoms with E-state index in [1.165, 1.54) is 17.4 Å². The van der Waals surface area contributed by atoms with Crippen molar-refractivity contribution in [3.63, 3.8) is 0 Å². The molecular weight excluding hydrogens is 481 g/mol. The van der Waals surface area contributed by atoms with Gasteiger partial charge in [-0.25, -0.2) is 18.7 Å². The molecule has 3 heterocycles. The molecule has 0 spiro atoms. The predicted octanol–water partition coefficient (Wildman–Crippen LogP) is 5.52. The lowest BCUT2D eigenvalue weighted by Crippen LogP contribution is -2.05. The molecule has 4 rings (SSSR count). The number of rotatable bonds is 5. The van der Waals surface area contributed by atoms with Gasteiger partial charge in [0.15, 0.2) is 16.8 Å². The molecule has 3 aromatic heterocycles. The predicted molar refractivity (Wildman–Crippen MR) is 112 cm³/mol. The highest BCUT2D eigenvalue weighted by atomic mass is 127. The zero-order chi connectivity index (χ0) is 19.0. The average molecular weight is 496 g/mol. The van der Waals surface area contributed by atoms with Crippen molar-refractivity contribution in [3.8, 4) is 11.3 Å². The van der Waals surface area contributed by atoms with Crippen molar-refractivity contribution in [2.24, 2.45) is 0 Å². The molecule has 0 fully saturated rings. The summed E-state index contributed by atoms with van der Waals surface area (Å²) >= 11 is 3.71. The van der Waals surface area contributed by atoms with E-state index in [1.54, 1.807) is 0 Å². The van der Waals surface area contributed by atoms with E-state index in [2.05, 4.69) is 55.4 Å². The summed E-state index contributed by atoms with van der Waals surface area (Å²) in [6.07, 6.45) is 2.90. The number of anilines is 1. The number of thiazole rings is 1. The first-order chi connectivity index (χ1) is 13.0. The van der Waals surface area contributed by atoms with Crippen LogP contribution in [-0.4, -0.2) is 14.4 Å². The van der Waals surface area contributed by atoms with Gasteiger partial charge in [0.05, 0.1) is 23.6 Å². The number of pyridine rings is 1. The molecule has 0 bridgehead atoms. The molecule has 0 atom stereocenters. The molecule has 0 aliphatic carbocycles. The average Bonchev–Trinajstić information content (AvgIpc) is 3.26. The first-order valence-corrected chi connectivity index (χ1v) is 10.3. The largest absolute Gasteiger partial charge is 0.356 e. The second kappa shape index (κ2) is 7.51. The van der Waals surface area contributed by atoms with Crippen molar-refractivity contribution in [2.45, 2.75) is 19.9 Å². The Bertz CT molecular complexity index is 1120. The van der Waals surface area contributed by atoms with Gasteiger partial charge in [0.1, 0.15) is 5.65 Å². The van der Waals surface area contributed by atoms with Crippen LogP contribution in [-0.2, 0) is 13.0 Å². The third kappa shape index (κ3) is 3.68.